The van der Waals surface area contributed by atoms with Crippen LogP contribution in [0.2, 0.25) is 0 Å². The van der Waals surface area contributed by atoms with E-state index in [2.05, 4.69) is 6.92 Å². The van der Waals surface area contributed by atoms with Crippen LogP contribution in [0.3, 0.4) is 0 Å². The monoisotopic (exact) mass is 200 g/mol. The molecule has 2 aliphatic rings. The Morgan fingerprint density at radius 2 is 2.14 bits per heavy atom. The summed E-state index contributed by atoms with van der Waals surface area (Å²) in [6, 6.07) is 0. The zero-order chi connectivity index (χ0) is 9.97. The maximum Gasteiger partial charge on any atom is 0.0886 e. The summed E-state index contributed by atoms with van der Waals surface area (Å²) < 4.78 is 11.5. The van der Waals surface area contributed by atoms with E-state index in [0.29, 0.717) is 12.0 Å². The molecule has 0 saturated carbocycles. The van der Waals surface area contributed by atoms with E-state index in [-0.39, 0.29) is 18.8 Å². The third-order valence-electron chi connectivity index (χ3n) is 3.36. The van der Waals surface area contributed by atoms with E-state index in [0.717, 1.165) is 32.3 Å². The fraction of sp³-hybridized carbons (Fsp3) is 1.00. The lowest BCUT2D eigenvalue weighted by molar-refractivity contribution is -0.120. The van der Waals surface area contributed by atoms with Crippen molar-refractivity contribution < 1.29 is 14.6 Å². The molecular weight excluding hydrogens is 180 g/mol. The van der Waals surface area contributed by atoms with Crippen LogP contribution in [0.5, 0.6) is 0 Å². The van der Waals surface area contributed by atoms with Crippen LogP contribution in [0.4, 0.5) is 0 Å². The second kappa shape index (κ2) is 4.60. The molecule has 2 aliphatic heterocycles. The summed E-state index contributed by atoms with van der Waals surface area (Å²) in [4.78, 5) is 0. The zero-order valence-electron chi connectivity index (χ0n) is 8.82. The molecular formula is C11H20O3. The molecule has 0 aromatic rings. The minimum atomic E-state index is 0.138. The van der Waals surface area contributed by atoms with Gasteiger partial charge in [-0.25, -0.2) is 0 Å². The standard InChI is InChI=1S/C11H20O3/c1-8-4-5-10(14-8)11-9(7-12)3-2-6-13-11/h8-12H,2-7H2,1H3. The van der Waals surface area contributed by atoms with E-state index < -0.39 is 0 Å². The van der Waals surface area contributed by atoms with Crippen LogP contribution in [-0.4, -0.2) is 36.6 Å². The summed E-state index contributed by atoms with van der Waals surface area (Å²) in [5.41, 5.74) is 0. The quantitative estimate of drug-likeness (QED) is 0.731. The molecule has 0 aromatic heterocycles. The number of hydrogen-bond acceptors (Lipinski definition) is 3. The van der Waals surface area contributed by atoms with Crippen molar-refractivity contribution in [1.82, 2.24) is 0 Å². The summed E-state index contributed by atoms with van der Waals surface area (Å²) in [5, 5.41) is 9.25. The molecule has 2 rings (SSSR count). The number of hydrogen-bond donors (Lipinski definition) is 1. The van der Waals surface area contributed by atoms with E-state index in [1.165, 1.54) is 0 Å². The summed E-state index contributed by atoms with van der Waals surface area (Å²) in [5.74, 6) is 0.291. The Morgan fingerprint density at radius 1 is 1.29 bits per heavy atom. The normalized spacial score (nSPS) is 44.1. The molecule has 0 radical (unpaired) electrons. The van der Waals surface area contributed by atoms with Gasteiger partial charge in [-0.15, -0.1) is 0 Å². The van der Waals surface area contributed by atoms with Crippen LogP contribution in [0.1, 0.15) is 32.6 Å². The molecule has 0 aliphatic carbocycles. The average molecular weight is 200 g/mol. The van der Waals surface area contributed by atoms with E-state index in [1.807, 2.05) is 0 Å². The smallest absolute Gasteiger partial charge is 0.0886 e. The molecule has 3 nitrogen and oxygen atoms in total. The van der Waals surface area contributed by atoms with Crippen molar-refractivity contribution in [3.05, 3.63) is 0 Å². The molecule has 82 valence electrons. The molecule has 4 atom stereocenters. The fourth-order valence-electron chi connectivity index (χ4n) is 2.55. The van der Waals surface area contributed by atoms with Crippen molar-refractivity contribution in [1.29, 1.82) is 0 Å². The third-order valence-corrected chi connectivity index (χ3v) is 3.36. The Bertz CT molecular complexity index is 183. The molecule has 0 spiro atoms. The van der Waals surface area contributed by atoms with Gasteiger partial charge in [-0.2, -0.15) is 0 Å². The van der Waals surface area contributed by atoms with Crippen LogP contribution in [0, 0.1) is 5.92 Å². The van der Waals surface area contributed by atoms with E-state index >= 15 is 0 Å². The van der Waals surface area contributed by atoms with Gasteiger partial charge in [0.25, 0.3) is 0 Å². The highest BCUT2D eigenvalue weighted by molar-refractivity contribution is 4.85. The van der Waals surface area contributed by atoms with Crippen LogP contribution in [0.25, 0.3) is 0 Å². The minimum absolute atomic E-state index is 0.138. The molecule has 3 heteroatoms. The highest BCUT2D eigenvalue weighted by atomic mass is 16.5. The molecule has 4 unspecified atom stereocenters. The average Bonchev–Trinajstić information content (AvgIpc) is 2.65. The number of ether oxygens (including phenoxy) is 2. The van der Waals surface area contributed by atoms with E-state index in [1.54, 1.807) is 0 Å². The number of rotatable bonds is 2. The molecule has 1 N–H and O–H groups in total. The van der Waals surface area contributed by atoms with Crippen LogP contribution >= 0.6 is 0 Å². The predicted octanol–water partition coefficient (Wildman–Crippen LogP) is 1.34. The Labute approximate surface area is 85.4 Å². The summed E-state index contributed by atoms with van der Waals surface area (Å²) in [7, 11) is 0. The third kappa shape index (κ3) is 2.10. The molecule has 2 heterocycles. The molecule has 0 amide bonds. The van der Waals surface area contributed by atoms with Gasteiger partial charge in [0.2, 0.25) is 0 Å². The second-order valence-corrected chi connectivity index (χ2v) is 4.48. The van der Waals surface area contributed by atoms with Crippen molar-refractivity contribution in [2.75, 3.05) is 13.2 Å². The number of aliphatic hydroxyl groups is 1. The summed E-state index contributed by atoms with van der Waals surface area (Å²) in [6.45, 7) is 3.17. The zero-order valence-corrected chi connectivity index (χ0v) is 8.82. The van der Waals surface area contributed by atoms with Gasteiger partial charge in [-0.1, -0.05) is 0 Å². The first-order chi connectivity index (χ1) is 6.81. The van der Waals surface area contributed by atoms with Crippen molar-refractivity contribution in [3.8, 4) is 0 Å². The highest BCUT2D eigenvalue weighted by Gasteiger charge is 2.36. The van der Waals surface area contributed by atoms with Gasteiger partial charge in [0.05, 0.1) is 18.3 Å². The SMILES string of the molecule is CC1CCC(C2OCCCC2CO)O1. The lowest BCUT2D eigenvalue weighted by Crippen LogP contribution is -2.41. The van der Waals surface area contributed by atoms with Gasteiger partial charge in [0.1, 0.15) is 0 Å². The molecule has 2 saturated heterocycles. The Morgan fingerprint density at radius 3 is 2.79 bits per heavy atom. The largest absolute Gasteiger partial charge is 0.396 e. The van der Waals surface area contributed by atoms with Gasteiger partial charge >= 0.3 is 0 Å². The molecule has 0 bridgehead atoms. The van der Waals surface area contributed by atoms with Crippen molar-refractivity contribution in [3.63, 3.8) is 0 Å². The maximum atomic E-state index is 9.25. The Kier molecular flexibility index (Phi) is 3.42. The van der Waals surface area contributed by atoms with Gasteiger partial charge in [0, 0.05) is 19.1 Å². The van der Waals surface area contributed by atoms with Gasteiger partial charge < -0.3 is 14.6 Å². The predicted molar refractivity (Wildman–Crippen MR) is 53.1 cm³/mol. The lowest BCUT2D eigenvalue weighted by Gasteiger charge is -2.34. The maximum absolute atomic E-state index is 9.25. The first-order valence-electron chi connectivity index (χ1n) is 5.69. The van der Waals surface area contributed by atoms with Crippen molar-refractivity contribution in [2.45, 2.75) is 50.9 Å². The minimum Gasteiger partial charge on any atom is -0.396 e. The molecule has 14 heavy (non-hydrogen) atoms. The van der Waals surface area contributed by atoms with Gasteiger partial charge in [-0.3, -0.25) is 0 Å². The van der Waals surface area contributed by atoms with Crippen LogP contribution in [-0.2, 0) is 9.47 Å². The van der Waals surface area contributed by atoms with E-state index in [9.17, 15) is 5.11 Å². The van der Waals surface area contributed by atoms with Crippen LogP contribution in [0.15, 0.2) is 0 Å². The highest BCUT2D eigenvalue weighted by Crippen LogP contribution is 2.31. The second-order valence-electron chi connectivity index (χ2n) is 4.48. The Hall–Kier alpha value is -0.120. The van der Waals surface area contributed by atoms with E-state index in [4.69, 9.17) is 9.47 Å². The molecule has 2 fully saturated rings. The first-order valence-corrected chi connectivity index (χ1v) is 5.69. The van der Waals surface area contributed by atoms with Crippen molar-refractivity contribution in [2.24, 2.45) is 5.92 Å². The van der Waals surface area contributed by atoms with Gasteiger partial charge in [0.15, 0.2) is 0 Å². The Balaban J connectivity index is 1.93. The topological polar surface area (TPSA) is 38.7 Å². The summed E-state index contributed by atoms with van der Waals surface area (Å²) in [6.07, 6.45) is 5.09. The lowest BCUT2D eigenvalue weighted by atomic mass is 9.90. The number of aliphatic hydroxyl groups excluding tert-OH is 1. The fourth-order valence-corrected chi connectivity index (χ4v) is 2.55. The summed E-state index contributed by atoms with van der Waals surface area (Å²) >= 11 is 0. The van der Waals surface area contributed by atoms with Gasteiger partial charge in [-0.05, 0) is 32.6 Å². The van der Waals surface area contributed by atoms with Crippen molar-refractivity contribution >= 4 is 0 Å². The van der Waals surface area contributed by atoms with Crippen LogP contribution < -0.4 is 0 Å². The first kappa shape index (κ1) is 10.4. The molecule has 0 aromatic carbocycles.